The lowest BCUT2D eigenvalue weighted by atomic mass is 10.1. The first-order valence-electron chi connectivity index (χ1n) is 4.91. The number of rotatable bonds is 4. The zero-order valence-electron chi connectivity index (χ0n) is 8.66. The largest absolute Gasteiger partial charge is 0.350 e. The molecular weight excluding hydrogens is 176 g/mol. The van der Waals surface area contributed by atoms with E-state index in [9.17, 15) is 4.79 Å². The number of hydrogen-bond donors (Lipinski definition) is 1. The van der Waals surface area contributed by atoms with Gasteiger partial charge in [0, 0.05) is 12.1 Å². The summed E-state index contributed by atoms with van der Waals surface area (Å²) in [7, 11) is 0. The molecule has 0 aromatic carbocycles. The maximum atomic E-state index is 11.4. The molecule has 1 N–H and O–H groups in total. The summed E-state index contributed by atoms with van der Waals surface area (Å²) in [6.45, 7) is 4.45. The van der Waals surface area contributed by atoms with E-state index in [1.807, 2.05) is 32.0 Å². The fraction of sp³-hybridized carbons (Fsp3) is 0.455. The Hall–Kier alpha value is -1.38. The summed E-state index contributed by atoms with van der Waals surface area (Å²) < 4.78 is 0. The molecule has 0 aliphatic rings. The van der Waals surface area contributed by atoms with Crippen molar-refractivity contribution in [1.29, 1.82) is 0 Å². The van der Waals surface area contributed by atoms with Gasteiger partial charge in [-0.1, -0.05) is 19.9 Å². The second kappa shape index (κ2) is 5.37. The third-order valence-electron chi connectivity index (χ3n) is 2.23. The summed E-state index contributed by atoms with van der Waals surface area (Å²) in [6.07, 6.45) is 2.60. The first-order valence-corrected chi connectivity index (χ1v) is 4.91. The summed E-state index contributed by atoms with van der Waals surface area (Å²) in [6, 6.07) is 5.68. The predicted octanol–water partition coefficient (Wildman–Crippen LogP) is 1.74. The summed E-state index contributed by atoms with van der Waals surface area (Å²) in [5.74, 6) is 0.178. The van der Waals surface area contributed by atoms with E-state index in [-0.39, 0.29) is 11.8 Å². The van der Waals surface area contributed by atoms with E-state index < -0.39 is 0 Å². The minimum absolute atomic E-state index is 0.0821. The quantitative estimate of drug-likeness (QED) is 0.789. The maximum absolute atomic E-state index is 11.4. The van der Waals surface area contributed by atoms with Crippen LogP contribution >= 0.6 is 0 Å². The van der Waals surface area contributed by atoms with Crippen molar-refractivity contribution in [2.45, 2.75) is 26.8 Å². The van der Waals surface area contributed by atoms with Crippen LogP contribution in [0.5, 0.6) is 0 Å². The van der Waals surface area contributed by atoms with Crippen LogP contribution in [0.2, 0.25) is 0 Å². The standard InChI is InChI=1S/C11H16N2O/c1-3-9(2)11(14)13-8-10-6-4-5-7-12-10/h4-7,9H,3,8H2,1-2H3,(H,13,14)/t9-/m0/s1. The van der Waals surface area contributed by atoms with Crippen LogP contribution in [0.1, 0.15) is 26.0 Å². The van der Waals surface area contributed by atoms with Gasteiger partial charge >= 0.3 is 0 Å². The van der Waals surface area contributed by atoms with Gasteiger partial charge in [-0.2, -0.15) is 0 Å². The molecule has 1 aromatic rings. The van der Waals surface area contributed by atoms with Gasteiger partial charge in [0.15, 0.2) is 0 Å². The number of aromatic nitrogens is 1. The average Bonchev–Trinajstić information content (AvgIpc) is 2.26. The Morgan fingerprint density at radius 2 is 2.36 bits per heavy atom. The molecule has 0 bridgehead atoms. The zero-order valence-corrected chi connectivity index (χ0v) is 8.66. The number of nitrogens with one attached hydrogen (secondary N) is 1. The maximum Gasteiger partial charge on any atom is 0.223 e. The molecule has 0 aliphatic carbocycles. The smallest absolute Gasteiger partial charge is 0.223 e. The first kappa shape index (κ1) is 10.7. The molecule has 3 nitrogen and oxygen atoms in total. The van der Waals surface area contributed by atoms with Crippen LogP contribution in [-0.2, 0) is 11.3 Å². The van der Waals surface area contributed by atoms with Crippen LogP contribution in [0.3, 0.4) is 0 Å². The highest BCUT2D eigenvalue weighted by Gasteiger charge is 2.09. The van der Waals surface area contributed by atoms with E-state index in [4.69, 9.17) is 0 Å². The minimum Gasteiger partial charge on any atom is -0.350 e. The van der Waals surface area contributed by atoms with Crippen molar-refractivity contribution in [2.24, 2.45) is 5.92 Å². The van der Waals surface area contributed by atoms with Crippen molar-refractivity contribution < 1.29 is 4.79 Å². The number of amides is 1. The van der Waals surface area contributed by atoms with E-state index in [2.05, 4.69) is 10.3 Å². The fourth-order valence-electron chi connectivity index (χ4n) is 1.04. The topological polar surface area (TPSA) is 42.0 Å². The lowest BCUT2D eigenvalue weighted by Crippen LogP contribution is -2.28. The van der Waals surface area contributed by atoms with Crippen LogP contribution in [-0.4, -0.2) is 10.9 Å². The molecule has 3 heteroatoms. The van der Waals surface area contributed by atoms with Gasteiger partial charge in [0.05, 0.1) is 12.2 Å². The lowest BCUT2D eigenvalue weighted by molar-refractivity contribution is -0.124. The fourth-order valence-corrected chi connectivity index (χ4v) is 1.04. The molecule has 0 saturated carbocycles. The van der Waals surface area contributed by atoms with Crippen LogP contribution in [0.15, 0.2) is 24.4 Å². The Balaban J connectivity index is 2.38. The number of carbonyl (C=O) groups is 1. The van der Waals surface area contributed by atoms with Crippen molar-refractivity contribution in [3.63, 3.8) is 0 Å². The van der Waals surface area contributed by atoms with Crippen molar-refractivity contribution in [3.8, 4) is 0 Å². The Morgan fingerprint density at radius 3 is 2.93 bits per heavy atom. The molecule has 0 saturated heterocycles. The number of pyridine rings is 1. The Kier molecular flexibility index (Phi) is 4.11. The highest BCUT2D eigenvalue weighted by molar-refractivity contribution is 5.78. The molecule has 14 heavy (non-hydrogen) atoms. The van der Waals surface area contributed by atoms with Crippen molar-refractivity contribution in [3.05, 3.63) is 30.1 Å². The molecule has 1 heterocycles. The monoisotopic (exact) mass is 192 g/mol. The minimum atomic E-state index is 0.0821. The van der Waals surface area contributed by atoms with Crippen LogP contribution in [0.4, 0.5) is 0 Å². The van der Waals surface area contributed by atoms with E-state index >= 15 is 0 Å². The van der Waals surface area contributed by atoms with E-state index in [1.165, 1.54) is 0 Å². The molecule has 0 fully saturated rings. The van der Waals surface area contributed by atoms with Crippen molar-refractivity contribution in [2.75, 3.05) is 0 Å². The number of nitrogens with zero attached hydrogens (tertiary/aromatic N) is 1. The normalized spacial score (nSPS) is 12.1. The third-order valence-corrected chi connectivity index (χ3v) is 2.23. The Labute approximate surface area is 84.6 Å². The highest BCUT2D eigenvalue weighted by Crippen LogP contribution is 2.00. The summed E-state index contributed by atoms with van der Waals surface area (Å²) in [4.78, 5) is 15.5. The van der Waals surface area contributed by atoms with Crippen molar-refractivity contribution >= 4 is 5.91 Å². The van der Waals surface area contributed by atoms with E-state index in [0.29, 0.717) is 6.54 Å². The third kappa shape index (κ3) is 3.17. The van der Waals surface area contributed by atoms with Crippen LogP contribution < -0.4 is 5.32 Å². The van der Waals surface area contributed by atoms with E-state index in [1.54, 1.807) is 6.20 Å². The molecule has 76 valence electrons. The van der Waals surface area contributed by atoms with Gasteiger partial charge in [-0.3, -0.25) is 9.78 Å². The van der Waals surface area contributed by atoms with Crippen molar-refractivity contribution in [1.82, 2.24) is 10.3 Å². The van der Waals surface area contributed by atoms with E-state index in [0.717, 1.165) is 12.1 Å². The van der Waals surface area contributed by atoms with Gasteiger partial charge in [0.1, 0.15) is 0 Å². The van der Waals surface area contributed by atoms with Gasteiger partial charge in [-0.15, -0.1) is 0 Å². The summed E-state index contributed by atoms with van der Waals surface area (Å²) >= 11 is 0. The average molecular weight is 192 g/mol. The van der Waals surface area contributed by atoms with Gasteiger partial charge < -0.3 is 5.32 Å². The first-order chi connectivity index (χ1) is 6.74. The molecule has 1 aromatic heterocycles. The second-order valence-corrected chi connectivity index (χ2v) is 3.35. The summed E-state index contributed by atoms with van der Waals surface area (Å²) in [5.41, 5.74) is 0.893. The van der Waals surface area contributed by atoms with Gasteiger partial charge in [0.2, 0.25) is 5.91 Å². The predicted molar refractivity (Wildman–Crippen MR) is 55.5 cm³/mol. The van der Waals surface area contributed by atoms with Gasteiger partial charge in [-0.05, 0) is 18.6 Å². The molecule has 0 spiro atoms. The Bertz CT molecular complexity index is 285. The van der Waals surface area contributed by atoms with Crippen LogP contribution in [0.25, 0.3) is 0 Å². The number of carbonyl (C=O) groups excluding carboxylic acids is 1. The summed E-state index contributed by atoms with van der Waals surface area (Å²) in [5, 5.41) is 2.85. The van der Waals surface area contributed by atoms with Gasteiger partial charge in [-0.25, -0.2) is 0 Å². The zero-order chi connectivity index (χ0) is 10.4. The highest BCUT2D eigenvalue weighted by atomic mass is 16.1. The second-order valence-electron chi connectivity index (χ2n) is 3.35. The molecular formula is C11H16N2O. The molecule has 1 amide bonds. The molecule has 0 radical (unpaired) electrons. The molecule has 0 aliphatic heterocycles. The molecule has 1 atom stereocenters. The Morgan fingerprint density at radius 1 is 1.57 bits per heavy atom. The molecule has 1 rings (SSSR count). The molecule has 0 unspecified atom stereocenters. The lowest BCUT2D eigenvalue weighted by Gasteiger charge is -2.08. The van der Waals surface area contributed by atoms with Gasteiger partial charge in [0.25, 0.3) is 0 Å². The number of hydrogen-bond acceptors (Lipinski definition) is 2. The van der Waals surface area contributed by atoms with Crippen LogP contribution in [0, 0.1) is 5.92 Å². The SMILES string of the molecule is CC[C@H](C)C(=O)NCc1ccccn1.